The smallest absolute Gasteiger partial charge is 0.304 e. The molecule has 2 N–H and O–H groups in total. The number of carboxylic acids is 1. The number of anilines is 1. The molecule has 0 amide bonds. The number of carbonyl (C=O) groups is 1. The van der Waals surface area contributed by atoms with E-state index in [9.17, 15) is 4.79 Å². The van der Waals surface area contributed by atoms with Crippen molar-refractivity contribution in [3.63, 3.8) is 0 Å². The van der Waals surface area contributed by atoms with Crippen LogP contribution in [0.4, 0.5) is 5.82 Å². The Morgan fingerprint density at radius 1 is 1.31 bits per heavy atom. The third-order valence-corrected chi connectivity index (χ3v) is 5.87. The van der Waals surface area contributed by atoms with Gasteiger partial charge in [-0.2, -0.15) is 0 Å². The van der Waals surface area contributed by atoms with Gasteiger partial charge >= 0.3 is 5.97 Å². The number of hydrogen-bond donors (Lipinski definition) is 2. The van der Waals surface area contributed by atoms with Gasteiger partial charge in [-0.1, -0.05) is 12.1 Å². The number of rotatable bonds is 13. The van der Waals surface area contributed by atoms with E-state index in [1.54, 1.807) is 13.3 Å². The molecule has 0 aromatic carbocycles. The molecule has 8 heteroatoms. The summed E-state index contributed by atoms with van der Waals surface area (Å²) in [7, 11) is 1.60. The second-order valence-electron chi connectivity index (χ2n) is 8.34. The summed E-state index contributed by atoms with van der Waals surface area (Å²) in [5.74, 6) is 0.805. The molecule has 0 aliphatic carbocycles. The number of aromatic nitrogens is 2. The predicted molar refractivity (Wildman–Crippen MR) is 125 cm³/mol. The molecular formula is C24H35N5O3. The van der Waals surface area contributed by atoms with E-state index >= 15 is 0 Å². The van der Waals surface area contributed by atoms with Crippen LogP contribution >= 0.6 is 0 Å². The summed E-state index contributed by atoms with van der Waals surface area (Å²) in [6.45, 7) is 9.23. The molecule has 0 unspecified atom stereocenters. The zero-order valence-corrected chi connectivity index (χ0v) is 19.4. The Bertz CT molecular complexity index is 868. The molecule has 3 rings (SSSR count). The van der Waals surface area contributed by atoms with E-state index in [-0.39, 0.29) is 6.42 Å². The molecule has 2 aromatic rings. The summed E-state index contributed by atoms with van der Waals surface area (Å²) in [4.78, 5) is 24.8. The van der Waals surface area contributed by atoms with Crippen LogP contribution in [0, 0.1) is 6.92 Å². The SMILES string of the molecule is CCNc1nc(CCCN2CC(N(CCC(=O)O)Cc3ccc(OC)nc3)C2)ccc1C. The van der Waals surface area contributed by atoms with Crippen molar-refractivity contribution in [3.05, 3.63) is 47.3 Å². The zero-order chi connectivity index (χ0) is 22.9. The van der Waals surface area contributed by atoms with Crippen LogP contribution in [0.25, 0.3) is 0 Å². The van der Waals surface area contributed by atoms with Gasteiger partial charge < -0.3 is 20.1 Å². The van der Waals surface area contributed by atoms with E-state index < -0.39 is 5.97 Å². The normalized spacial score (nSPS) is 14.4. The number of likely N-dealkylation sites (tertiary alicyclic amines) is 1. The van der Waals surface area contributed by atoms with Crippen molar-refractivity contribution in [2.75, 3.05) is 45.2 Å². The number of nitrogens with one attached hydrogen (secondary N) is 1. The summed E-state index contributed by atoms with van der Waals surface area (Å²) in [5.41, 5.74) is 3.37. The number of aliphatic carboxylic acids is 1. The maximum absolute atomic E-state index is 11.1. The Hall–Kier alpha value is -2.71. The average Bonchev–Trinajstić information content (AvgIpc) is 2.75. The highest BCUT2D eigenvalue weighted by Crippen LogP contribution is 2.20. The van der Waals surface area contributed by atoms with Crippen molar-refractivity contribution in [3.8, 4) is 5.88 Å². The van der Waals surface area contributed by atoms with Gasteiger partial charge in [0, 0.05) is 56.7 Å². The van der Waals surface area contributed by atoms with E-state index in [1.165, 1.54) is 5.56 Å². The van der Waals surface area contributed by atoms with Crippen LogP contribution in [-0.2, 0) is 17.8 Å². The summed E-state index contributed by atoms with van der Waals surface area (Å²) in [6, 6.07) is 8.46. The minimum atomic E-state index is -0.762. The van der Waals surface area contributed by atoms with Crippen LogP contribution in [0.2, 0.25) is 0 Å². The fourth-order valence-corrected chi connectivity index (χ4v) is 3.98. The molecule has 8 nitrogen and oxygen atoms in total. The topological polar surface area (TPSA) is 90.8 Å². The molecule has 32 heavy (non-hydrogen) atoms. The van der Waals surface area contributed by atoms with Crippen LogP contribution in [-0.4, -0.2) is 76.7 Å². The molecule has 1 aliphatic rings. The number of aryl methyl sites for hydroxylation is 2. The quantitative estimate of drug-likeness (QED) is 0.490. The highest BCUT2D eigenvalue weighted by molar-refractivity contribution is 5.66. The van der Waals surface area contributed by atoms with Crippen LogP contribution in [0.15, 0.2) is 30.5 Å². The third-order valence-electron chi connectivity index (χ3n) is 5.87. The van der Waals surface area contributed by atoms with Crippen molar-refractivity contribution in [2.24, 2.45) is 0 Å². The van der Waals surface area contributed by atoms with Crippen molar-refractivity contribution < 1.29 is 14.6 Å². The molecule has 0 saturated carbocycles. The van der Waals surface area contributed by atoms with Crippen LogP contribution in [0.3, 0.4) is 0 Å². The fourth-order valence-electron chi connectivity index (χ4n) is 3.98. The summed E-state index contributed by atoms with van der Waals surface area (Å²) >= 11 is 0. The van der Waals surface area contributed by atoms with Gasteiger partial charge in [-0.25, -0.2) is 9.97 Å². The monoisotopic (exact) mass is 441 g/mol. The highest BCUT2D eigenvalue weighted by atomic mass is 16.5. The van der Waals surface area contributed by atoms with Crippen LogP contribution < -0.4 is 10.1 Å². The lowest BCUT2D eigenvalue weighted by Gasteiger charge is -2.45. The maximum Gasteiger partial charge on any atom is 0.304 e. The largest absolute Gasteiger partial charge is 0.481 e. The van der Waals surface area contributed by atoms with Crippen LogP contribution in [0.1, 0.15) is 36.6 Å². The summed E-state index contributed by atoms with van der Waals surface area (Å²) < 4.78 is 5.12. The van der Waals surface area contributed by atoms with Crippen molar-refractivity contribution in [1.29, 1.82) is 0 Å². The molecule has 2 aromatic heterocycles. The average molecular weight is 442 g/mol. The summed E-state index contributed by atoms with van der Waals surface area (Å²) in [6.07, 6.45) is 3.97. The fraction of sp³-hybridized carbons (Fsp3) is 0.542. The molecule has 174 valence electrons. The molecule has 1 fully saturated rings. The zero-order valence-electron chi connectivity index (χ0n) is 19.4. The second kappa shape index (κ2) is 11.8. The van der Waals surface area contributed by atoms with Gasteiger partial charge in [-0.3, -0.25) is 9.69 Å². The van der Waals surface area contributed by atoms with E-state index in [0.717, 1.165) is 56.1 Å². The Balaban J connectivity index is 1.46. The number of pyridine rings is 2. The second-order valence-corrected chi connectivity index (χ2v) is 8.34. The standard InChI is InChI=1S/C24H35N5O3/c1-4-25-24-18(2)7-9-20(27-24)6-5-12-28-16-21(17-28)29(13-11-23(30)31)15-19-8-10-22(32-3)26-14-19/h7-10,14,21H,4-6,11-13,15-17H2,1-3H3,(H,25,27)(H,30,31). The van der Waals surface area contributed by atoms with Gasteiger partial charge in [-0.05, 0) is 50.4 Å². The number of ether oxygens (including phenoxy) is 1. The van der Waals surface area contributed by atoms with Crippen molar-refractivity contribution >= 4 is 11.8 Å². The molecule has 1 saturated heterocycles. The number of methoxy groups -OCH3 is 1. The molecule has 0 radical (unpaired) electrons. The first-order valence-electron chi connectivity index (χ1n) is 11.4. The van der Waals surface area contributed by atoms with Crippen molar-refractivity contribution in [2.45, 2.75) is 45.7 Å². The number of hydrogen-bond acceptors (Lipinski definition) is 7. The predicted octanol–water partition coefficient (Wildman–Crippen LogP) is 2.82. The molecular weight excluding hydrogens is 406 g/mol. The van der Waals surface area contributed by atoms with Crippen molar-refractivity contribution in [1.82, 2.24) is 19.8 Å². The van der Waals surface area contributed by atoms with Gasteiger partial charge in [0.15, 0.2) is 0 Å². The minimum Gasteiger partial charge on any atom is -0.481 e. The minimum absolute atomic E-state index is 0.146. The van der Waals surface area contributed by atoms with Gasteiger partial charge in [0.1, 0.15) is 5.82 Å². The Labute approximate surface area is 190 Å². The Kier molecular flexibility index (Phi) is 8.81. The van der Waals surface area contributed by atoms with Gasteiger partial charge in [0.05, 0.1) is 13.5 Å². The number of carboxylic acid groups (broad SMARTS) is 1. The molecule has 1 aliphatic heterocycles. The van der Waals surface area contributed by atoms with E-state index in [2.05, 4.69) is 46.1 Å². The lowest BCUT2D eigenvalue weighted by Crippen LogP contribution is -2.59. The first kappa shape index (κ1) is 23.9. The Morgan fingerprint density at radius 3 is 2.78 bits per heavy atom. The van der Waals surface area contributed by atoms with Crippen LogP contribution in [0.5, 0.6) is 5.88 Å². The Morgan fingerprint density at radius 2 is 2.12 bits per heavy atom. The molecule has 0 bridgehead atoms. The van der Waals surface area contributed by atoms with E-state index in [1.807, 2.05) is 12.1 Å². The lowest BCUT2D eigenvalue weighted by molar-refractivity contribution is -0.137. The first-order chi connectivity index (χ1) is 15.5. The molecule has 0 spiro atoms. The van der Waals surface area contributed by atoms with Gasteiger partial charge in [0.25, 0.3) is 0 Å². The van der Waals surface area contributed by atoms with Gasteiger partial charge in [-0.15, -0.1) is 0 Å². The highest BCUT2D eigenvalue weighted by Gasteiger charge is 2.31. The summed E-state index contributed by atoms with van der Waals surface area (Å²) in [5, 5.41) is 12.5. The third kappa shape index (κ3) is 6.90. The molecule has 3 heterocycles. The van der Waals surface area contributed by atoms with E-state index in [0.29, 0.717) is 25.0 Å². The maximum atomic E-state index is 11.1. The number of nitrogens with zero attached hydrogens (tertiary/aromatic N) is 4. The van der Waals surface area contributed by atoms with Gasteiger partial charge in [0.2, 0.25) is 5.88 Å². The van der Waals surface area contributed by atoms with E-state index in [4.69, 9.17) is 14.8 Å². The first-order valence-corrected chi connectivity index (χ1v) is 11.4. The lowest BCUT2D eigenvalue weighted by atomic mass is 10.0. The molecule has 0 atom stereocenters.